The van der Waals surface area contributed by atoms with Crippen molar-refractivity contribution in [3.8, 4) is 0 Å². The van der Waals surface area contributed by atoms with Gasteiger partial charge in [-0.2, -0.15) is 5.10 Å². The van der Waals surface area contributed by atoms with Gasteiger partial charge < -0.3 is 15.4 Å². The molecule has 1 aliphatic rings. The molecule has 0 aromatic carbocycles. The Morgan fingerprint density at radius 2 is 2.32 bits per heavy atom. The Morgan fingerprint density at radius 3 is 3.00 bits per heavy atom. The van der Waals surface area contributed by atoms with Gasteiger partial charge in [0.05, 0.1) is 25.5 Å². The zero-order valence-corrected chi connectivity index (χ0v) is 11.2. The lowest BCUT2D eigenvalue weighted by Gasteiger charge is -2.32. The molecule has 106 valence electrons. The van der Waals surface area contributed by atoms with Crippen LogP contribution in [0.5, 0.6) is 0 Å². The van der Waals surface area contributed by atoms with Crippen LogP contribution in [0.15, 0.2) is 12.3 Å². The number of aromatic amines is 1. The van der Waals surface area contributed by atoms with Gasteiger partial charge in [0.25, 0.3) is 0 Å². The number of ether oxygens (including phenoxy) is 1. The Kier molecular flexibility index (Phi) is 5.17. The number of urea groups is 1. The number of H-pyrrole nitrogens is 1. The predicted molar refractivity (Wildman–Crippen MR) is 70.7 cm³/mol. The van der Waals surface area contributed by atoms with Gasteiger partial charge in [0.15, 0.2) is 0 Å². The van der Waals surface area contributed by atoms with Crippen molar-refractivity contribution < 1.29 is 9.53 Å². The highest BCUT2D eigenvalue weighted by Gasteiger charge is 2.17. The third-order valence-electron chi connectivity index (χ3n) is 3.22. The van der Waals surface area contributed by atoms with Gasteiger partial charge in [0.2, 0.25) is 0 Å². The molecule has 1 aromatic rings. The highest BCUT2D eigenvalue weighted by Crippen LogP contribution is 2.02. The minimum absolute atomic E-state index is 0.158. The Morgan fingerprint density at radius 1 is 1.53 bits per heavy atom. The van der Waals surface area contributed by atoms with Crippen molar-refractivity contribution in [3.63, 3.8) is 0 Å². The molecule has 2 heterocycles. The SMILES string of the molecule is C[C@@H](CNC(=O)NCc1ccn[nH]1)N1CCOCC1. The zero-order valence-electron chi connectivity index (χ0n) is 11.2. The smallest absolute Gasteiger partial charge is 0.315 e. The van der Waals surface area contributed by atoms with Crippen molar-refractivity contribution in [2.75, 3.05) is 32.8 Å². The van der Waals surface area contributed by atoms with Gasteiger partial charge in [-0.3, -0.25) is 10.00 Å². The summed E-state index contributed by atoms with van der Waals surface area (Å²) in [7, 11) is 0. The third kappa shape index (κ3) is 4.53. The van der Waals surface area contributed by atoms with Gasteiger partial charge in [-0.05, 0) is 13.0 Å². The maximum absolute atomic E-state index is 11.6. The Balaban J connectivity index is 1.62. The van der Waals surface area contributed by atoms with E-state index in [1.807, 2.05) is 6.07 Å². The summed E-state index contributed by atoms with van der Waals surface area (Å²) in [6.45, 7) is 6.61. The molecule has 1 fully saturated rings. The largest absolute Gasteiger partial charge is 0.379 e. The van der Waals surface area contributed by atoms with Crippen molar-refractivity contribution in [3.05, 3.63) is 18.0 Å². The minimum Gasteiger partial charge on any atom is -0.379 e. The molecule has 1 atom stereocenters. The molecule has 7 nitrogen and oxygen atoms in total. The number of rotatable bonds is 5. The van der Waals surface area contributed by atoms with Crippen molar-refractivity contribution >= 4 is 6.03 Å². The van der Waals surface area contributed by atoms with E-state index in [-0.39, 0.29) is 6.03 Å². The summed E-state index contributed by atoms with van der Waals surface area (Å²) in [5.41, 5.74) is 0.886. The van der Waals surface area contributed by atoms with E-state index >= 15 is 0 Å². The van der Waals surface area contributed by atoms with Gasteiger partial charge in [0, 0.05) is 31.9 Å². The average molecular weight is 267 g/mol. The van der Waals surface area contributed by atoms with Crippen molar-refractivity contribution in [1.29, 1.82) is 0 Å². The number of aromatic nitrogens is 2. The van der Waals surface area contributed by atoms with Crippen molar-refractivity contribution in [2.45, 2.75) is 19.5 Å². The maximum Gasteiger partial charge on any atom is 0.315 e. The van der Waals surface area contributed by atoms with Crippen LogP contribution in [-0.4, -0.2) is 60.0 Å². The lowest BCUT2D eigenvalue weighted by molar-refractivity contribution is 0.0209. The molecule has 2 rings (SSSR count). The first-order valence-electron chi connectivity index (χ1n) is 6.57. The number of carbonyl (C=O) groups is 1. The number of hydrogen-bond acceptors (Lipinski definition) is 4. The molecule has 0 radical (unpaired) electrons. The summed E-state index contributed by atoms with van der Waals surface area (Å²) in [4.78, 5) is 13.9. The molecule has 1 aromatic heterocycles. The number of amides is 2. The van der Waals surface area contributed by atoms with Crippen LogP contribution in [0.4, 0.5) is 4.79 Å². The zero-order chi connectivity index (χ0) is 13.5. The van der Waals surface area contributed by atoms with E-state index in [2.05, 4.69) is 32.7 Å². The van der Waals surface area contributed by atoms with Crippen molar-refractivity contribution in [1.82, 2.24) is 25.7 Å². The van der Waals surface area contributed by atoms with Crippen LogP contribution in [-0.2, 0) is 11.3 Å². The van der Waals surface area contributed by atoms with E-state index in [4.69, 9.17) is 4.74 Å². The van der Waals surface area contributed by atoms with Crippen LogP contribution in [0.25, 0.3) is 0 Å². The van der Waals surface area contributed by atoms with Gasteiger partial charge in [0.1, 0.15) is 0 Å². The molecule has 3 N–H and O–H groups in total. The van der Waals surface area contributed by atoms with Crippen LogP contribution >= 0.6 is 0 Å². The normalized spacial score (nSPS) is 17.9. The highest BCUT2D eigenvalue weighted by atomic mass is 16.5. The molecular formula is C12H21N5O2. The van der Waals surface area contributed by atoms with E-state index in [9.17, 15) is 4.79 Å². The lowest BCUT2D eigenvalue weighted by atomic mass is 10.2. The fourth-order valence-electron chi connectivity index (χ4n) is 2.01. The monoisotopic (exact) mass is 267 g/mol. The number of hydrogen-bond donors (Lipinski definition) is 3. The molecular weight excluding hydrogens is 246 g/mol. The quantitative estimate of drug-likeness (QED) is 0.697. The second-order valence-electron chi connectivity index (χ2n) is 4.64. The number of nitrogens with one attached hydrogen (secondary N) is 3. The molecule has 0 saturated carbocycles. The van der Waals surface area contributed by atoms with E-state index < -0.39 is 0 Å². The van der Waals surface area contributed by atoms with Gasteiger partial charge in [-0.25, -0.2) is 4.79 Å². The summed E-state index contributed by atoms with van der Waals surface area (Å²) in [6.07, 6.45) is 1.66. The standard InChI is InChI=1S/C12H21N5O2/c1-10(17-4-6-19-7-5-17)8-13-12(18)14-9-11-2-3-15-16-11/h2-3,10H,4-9H2,1H3,(H,15,16)(H2,13,14,18)/t10-/m0/s1. The molecule has 1 aliphatic heterocycles. The summed E-state index contributed by atoms with van der Waals surface area (Å²) in [5.74, 6) is 0. The summed E-state index contributed by atoms with van der Waals surface area (Å²) in [6, 6.07) is 1.99. The average Bonchev–Trinajstić information content (AvgIpc) is 2.96. The summed E-state index contributed by atoms with van der Waals surface area (Å²) in [5, 5.41) is 12.3. The van der Waals surface area contributed by atoms with Gasteiger partial charge >= 0.3 is 6.03 Å². The molecule has 0 spiro atoms. The molecule has 0 unspecified atom stereocenters. The highest BCUT2D eigenvalue weighted by molar-refractivity contribution is 5.73. The van der Waals surface area contributed by atoms with E-state index in [1.54, 1.807) is 6.20 Å². The first kappa shape index (κ1) is 13.8. The second kappa shape index (κ2) is 7.10. The minimum atomic E-state index is -0.158. The number of carbonyl (C=O) groups excluding carboxylic acids is 1. The van der Waals surface area contributed by atoms with Crippen LogP contribution < -0.4 is 10.6 Å². The maximum atomic E-state index is 11.6. The number of morpholine rings is 1. The van der Waals surface area contributed by atoms with E-state index in [0.29, 0.717) is 19.1 Å². The molecule has 0 bridgehead atoms. The second-order valence-corrected chi connectivity index (χ2v) is 4.64. The Hall–Kier alpha value is -1.60. The van der Waals surface area contributed by atoms with Crippen LogP contribution in [0, 0.1) is 0 Å². The van der Waals surface area contributed by atoms with Crippen LogP contribution in [0.3, 0.4) is 0 Å². The summed E-state index contributed by atoms with van der Waals surface area (Å²) >= 11 is 0. The third-order valence-corrected chi connectivity index (χ3v) is 3.22. The van der Waals surface area contributed by atoms with Crippen molar-refractivity contribution in [2.24, 2.45) is 0 Å². The van der Waals surface area contributed by atoms with E-state index in [1.165, 1.54) is 0 Å². The van der Waals surface area contributed by atoms with Gasteiger partial charge in [-0.1, -0.05) is 0 Å². The van der Waals surface area contributed by atoms with Crippen LogP contribution in [0.2, 0.25) is 0 Å². The first-order valence-corrected chi connectivity index (χ1v) is 6.57. The lowest BCUT2D eigenvalue weighted by Crippen LogP contribution is -2.48. The number of nitrogens with zero attached hydrogens (tertiary/aromatic N) is 2. The molecule has 1 saturated heterocycles. The fourth-order valence-corrected chi connectivity index (χ4v) is 2.01. The molecule has 2 amide bonds. The predicted octanol–water partition coefficient (Wildman–Crippen LogP) is -0.0704. The molecule has 0 aliphatic carbocycles. The Bertz CT molecular complexity index is 375. The van der Waals surface area contributed by atoms with Gasteiger partial charge in [-0.15, -0.1) is 0 Å². The van der Waals surface area contributed by atoms with E-state index in [0.717, 1.165) is 32.0 Å². The topological polar surface area (TPSA) is 82.3 Å². The molecule has 19 heavy (non-hydrogen) atoms. The Labute approximate surface area is 112 Å². The molecule has 7 heteroatoms. The fraction of sp³-hybridized carbons (Fsp3) is 0.667. The summed E-state index contributed by atoms with van der Waals surface area (Å²) < 4.78 is 5.30. The van der Waals surface area contributed by atoms with Crippen LogP contribution in [0.1, 0.15) is 12.6 Å². The first-order chi connectivity index (χ1) is 9.25.